The van der Waals surface area contributed by atoms with Crippen LogP contribution in [0, 0.1) is 10.1 Å². The van der Waals surface area contributed by atoms with Crippen LogP contribution in [0.4, 0.5) is 5.69 Å². The molecule has 0 spiro atoms. The lowest BCUT2D eigenvalue weighted by Gasteiger charge is -2.08. The van der Waals surface area contributed by atoms with Gasteiger partial charge in [-0.3, -0.25) is 14.9 Å². The van der Waals surface area contributed by atoms with Crippen LogP contribution in [0.1, 0.15) is 15.9 Å². The van der Waals surface area contributed by atoms with Crippen molar-refractivity contribution in [3.05, 3.63) is 75.8 Å². The van der Waals surface area contributed by atoms with Crippen molar-refractivity contribution in [3.8, 4) is 11.5 Å². The predicted octanol–water partition coefficient (Wildman–Crippen LogP) is 3.69. The number of carbonyl (C=O) groups excluding carboxylic acids is 1. The van der Waals surface area contributed by atoms with Gasteiger partial charge in [0.25, 0.3) is 0 Å². The summed E-state index contributed by atoms with van der Waals surface area (Å²) in [6.45, 7) is 0. The highest BCUT2D eigenvalue weighted by Gasteiger charge is 2.23. The second kappa shape index (κ2) is 6.00. The lowest BCUT2D eigenvalue weighted by Crippen LogP contribution is -2.03. The normalized spacial score (nSPS) is 10.5. The molecule has 3 rings (SSSR count). The minimum absolute atomic E-state index is 0.0756. The number of phenols is 1. The van der Waals surface area contributed by atoms with E-state index in [0.717, 1.165) is 16.8 Å². The van der Waals surface area contributed by atoms with Gasteiger partial charge in [-0.1, -0.05) is 36.4 Å². The number of aromatic hydroxyl groups is 1. The topological polar surface area (TPSA) is 89.7 Å². The molecule has 0 amide bonds. The lowest BCUT2D eigenvalue weighted by molar-refractivity contribution is -0.386. The van der Waals surface area contributed by atoms with Crippen LogP contribution >= 0.6 is 0 Å². The molecule has 0 aromatic heterocycles. The highest BCUT2D eigenvalue weighted by atomic mass is 16.6. The van der Waals surface area contributed by atoms with E-state index in [4.69, 9.17) is 4.74 Å². The monoisotopic (exact) mass is 323 g/mol. The standard InChI is InChI=1S/C18H13NO5/c1-24-16-10-14(9-15(18(16)21)19(22)23)17(20)13-7-6-11-4-2-3-5-12(11)8-13/h2-10,21H,1H3. The number of ketones is 1. The number of rotatable bonds is 4. The average Bonchev–Trinajstić information content (AvgIpc) is 2.60. The summed E-state index contributed by atoms with van der Waals surface area (Å²) >= 11 is 0. The molecule has 0 fully saturated rings. The summed E-state index contributed by atoms with van der Waals surface area (Å²) in [5.74, 6) is -1.10. The summed E-state index contributed by atoms with van der Waals surface area (Å²) in [5.41, 5.74) is -0.0964. The van der Waals surface area contributed by atoms with E-state index < -0.39 is 16.4 Å². The van der Waals surface area contributed by atoms with Gasteiger partial charge in [0.05, 0.1) is 12.0 Å². The minimum atomic E-state index is -0.755. The number of hydrogen-bond donors (Lipinski definition) is 1. The third-order valence-corrected chi connectivity index (χ3v) is 3.75. The van der Waals surface area contributed by atoms with E-state index in [0.29, 0.717) is 5.56 Å². The molecule has 0 bridgehead atoms. The van der Waals surface area contributed by atoms with Crippen LogP contribution in [-0.2, 0) is 0 Å². The first kappa shape index (κ1) is 15.5. The Kier molecular flexibility index (Phi) is 3.87. The van der Waals surface area contributed by atoms with Crippen molar-refractivity contribution in [1.29, 1.82) is 0 Å². The number of ether oxygens (including phenoxy) is 1. The molecule has 0 saturated carbocycles. The molecule has 6 heteroatoms. The SMILES string of the molecule is COc1cc(C(=O)c2ccc3ccccc3c2)cc([N+](=O)[O-])c1O. The van der Waals surface area contributed by atoms with Gasteiger partial charge in [-0.25, -0.2) is 0 Å². The Morgan fingerprint density at radius 3 is 2.42 bits per heavy atom. The van der Waals surface area contributed by atoms with Crippen LogP contribution in [-0.4, -0.2) is 22.9 Å². The average molecular weight is 323 g/mol. The smallest absolute Gasteiger partial charge is 0.315 e. The molecule has 0 radical (unpaired) electrons. The molecule has 3 aromatic rings. The van der Waals surface area contributed by atoms with Crippen molar-refractivity contribution >= 4 is 22.2 Å². The molecule has 24 heavy (non-hydrogen) atoms. The summed E-state index contributed by atoms with van der Waals surface area (Å²) in [6, 6.07) is 15.1. The van der Waals surface area contributed by atoms with Crippen LogP contribution in [0.2, 0.25) is 0 Å². The van der Waals surface area contributed by atoms with E-state index in [9.17, 15) is 20.0 Å². The van der Waals surface area contributed by atoms with Crippen LogP contribution in [0.15, 0.2) is 54.6 Å². The van der Waals surface area contributed by atoms with Gasteiger partial charge in [0.2, 0.25) is 5.75 Å². The minimum Gasteiger partial charge on any atom is -0.500 e. The molecular formula is C18H13NO5. The van der Waals surface area contributed by atoms with E-state index in [1.54, 1.807) is 12.1 Å². The summed E-state index contributed by atoms with van der Waals surface area (Å²) in [6.07, 6.45) is 0. The van der Waals surface area contributed by atoms with Gasteiger partial charge in [-0.2, -0.15) is 0 Å². The molecule has 3 aromatic carbocycles. The zero-order chi connectivity index (χ0) is 17.3. The number of carbonyl (C=O) groups is 1. The zero-order valence-electron chi connectivity index (χ0n) is 12.7. The third-order valence-electron chi connectivity index (χ3n) is 3.75. The van der Waals surface area contributed by atoms with Crippen LogP contribution < -0.4 is 4.74 Å². The Morgan fingerprint density at radius 1 is 1.04 bits per heavy atom. The highest BCUT2D eigenvalue weighted by Crippen LogP contribution is 2.37. The number of hydrogen-bond acceptors (Lipinski definition) is 5. The van der Waals surface area contributed by atoms with Crippen molar-refractivity contribution in [2.75, 3.05) is 7.11 Å². The first-order valence-corrected chi connectivity index (χ1v) is 7.10. The maximum atomic E-state index is 12.7. The molecule has 0 unspecified atom stereocenters. The van der Waals surface area contributed by atoms with Crippen LogP contribution in [0.5, 0.6) is 11.5 Å². The maximum absolute atomic E-state index is 12.7. The van der Waals surface area contributed by atoms with Gasteiger partial charge in [-0.05, 0) is 22.9 Å². The highest BCUT2D eigenvalue weighted by molar-refractivity contribution is 6.11. The van der Waals surface area contributed by atoms with Crippen LogP contribution in [0.25, 0.3) is 10.8 Å². The molecule has 6 nitrogen and oxygen atoms in total. The largest absolute Gasteiger partial charge is 0.500 e. The summed E-state index contributed by atoms with van der Waals surface area (Å²) in [5, 5.41) is 22.7. The Balaban J connectivity index is 2.11. The van der Waals surface area contributed by atoms with Gasteiger partial charge < -0.3 is 9.84 Å². The second-order valence-corrected chi connectivity index (χ2v) is 5.19. The Morgan fingerprint density at radius 2 is 1.75 bits per heavy atom. The van der Waals surface area contributed by atoms with Crippen molar-refractivity contribution in [2.45, 2.75) is 0 Å². The van der Waals surface area contributed by atoms with Gasteiger partial charge in [0, 0.05) is 17.2 Å². The van der Waals surface area contributed by atoms with Crippen molar-refractivity contribution in [2.24, 2.45) is 0 Å². The van der Waals surface area contributed by atoms with Gasteiger partial charge in [-0.15, -0.1) is 0 Å². The van der Waals surface area contributed by atoms with E-state index in [1.165, 1.54) is 13.2 Å². The molecule has 0 aliphatic rings. The van der Waals surface area contributed by atoms with Crippen molar-refractivity contribution in [1.82, 2.24) is 0 Å². The fourth-order valence-electron chi connectivity index (χ4n) is 2.52. The van der Waals surface area contributed by atoms with Crippen molar-refractivity contribution in [3.63, 3.8) is 0 Å². The van der Waals surface area contributed by atoms with Gasteiger partial charge >= 0.3 is 5.69 Å². The maximum Gasteiger partial charge on any atom is 0.315 e. The molecular weight excluding hydrogens is 310 g/mol. The second-order valence-electron chi connectivity index (χ2n) is 5.19. The van der Waals surface area contributed by atoms with Gasteiger partial charge in [0.15, 0.2) is 11.5 Å². The number of nitrogens with zero attached hydrogens (tertiary/aromatic N) is 1. The Hall–Kier alpha value is -3.41. The fraction of sp³-hybridized carbons (Fsp3) is 0.0556. The number of fused-ring (bicyclic) bond motifs is 1. The lowest BCUT2D eigenvalue weighted by atomic mass is 9.99. The molecule has 1 N–H and O–H groups in total. The molecule has 0 aliphatic heterocycles. The van der Waals surface area contributed by atoms with Crippen molar-refractivity contribution < 1.29 is 19.6 Å². The number of phenolic OH excluding ortho intramolecular Hbond substituents is 1. The van der Waals surface area contributed by atoms with Crippen LogP contribution in [0.3, 0.4) is 0 Å². The number of nitro groups is 1. The molecule has 0 heterocycles. The number of methoxy groups -OCH3 is 1. The molecule has 0 saturated heterocycles. The fourth-order valence-corrected chi connectivity index (χ4v) is 2.52. The molecule has 120 valence electrons. The zero-order valence-corrected chi connectivity index (χ0v) is 12.7. The quantitative estimate of drug-likeness (QED) is 0.449. The molecule has 0 atom stereocenters. The first-order valence-electron chi connectivity index (χ1n) is 7.10. The van der Waals surface area contributed by atoms with E-state index in [1.807, 2.05) is 30.3 Å². The summed E-state index contributed by atoms with van der Waals surface area (Å²) in [4.78, 5) is 23.0. The van der Waals surface area contributed by atoms with Gasteiger partial charge in [0.1, 0.15) is 0 Å². The van der Waals surface area contributed by atoms with E-state index >= 15 is 0 Å². The first-order chi connectivity index (χ1) is 11.5. The Bertz CT molecular complexity index is 965. The third kappa shape index (κ3) is 2.65. The number of benzene rings is 3. The predicted molar refractivity (Wildman–Crippen MR) is 88.7 cm³/mol. The summed E-state index contributed by atoms with van der Waals surface area (Å²) < 4.78 is 4.93. The van der Waals surface area contributed by atoms with E-state index in [-0.39, 0.29) is 17.1 Å². The Labute approximate surface area is 137 Å². The van der Waals surface area contributed by atoms with E-state index in [2.05, 4.69) is 0 Å². The summed E-state index contributed by atoms with van der Waals surface area (Å²) in [7, 11) is 1.27. The molecule has 0 aliphatic carbocycles. The number of nitro benzene ring substituents is 1.